The fraction of sp³-hybridized carbons (Fsp3) is 0.400. The summed E-state index contributed by atoms with van der Waals surface area (Å²) in [6.07, 6.45) is 3.65. The molecule has 2 bridgehead atoms. The van der Waals surface area contributed by atoms with Gasteiger partial charge in [-0.15, -0.1) is 12.4 Å². The Hall–Kier alpha value is -1.81. The Bertz CT molecular complexity index is 1010. The highest BCUT2D eigenvalue weighted by Gasteiger charge is 2.49. The molecule has 2 unspecified atom stereocenters. The van der Waals surface area contributed by atoms with Gasteiger partial charge in [-0.3, -0.25) is 4.90 Å². The van der Waals surface area contributed by atoms with Crippen LogP contribution in [-0.2, 0) is 0 Å². The van der Waals surface area contributed by atoms with Crippen LogP contribution in [-0.4, -0.2) is 29.2 Å². The number of fused-ring (bicyclic) bond motifs is 2. The van der Waals surface area contributed by atoms with E-state index in [2.05, 4.69) is 60.4 Å². The van der Waals surface area contributed by atoms with Gasteiger partial charge >= 0.3 is 0 Å². The molecule has 2 fully saturated rings. The predicted molar refractivity (Wildman–Crippen MR) is 125 cm³/mol. The Labute approximate surface area is 189 Å². The van der Waals surface area contributed by atoms with Crippen LogP contribution in [0.2, 0.25) is 5.02 Å². The van der Waals surface area contributed by atoms with E-state index in [0.29, 0.717) is 23.9 Å². The maximum atomic E-state index is 6.14. The summed E-state index contributed by atoms with van der Waals surface area (Å²) in [4.78, 5) is 2.58. The zero-order valence-electron chi connectivity index (χ0n) is 17.6. The SMILES string of the molecule is Cc1ccc([C@H]2CC3CCC([C@H]2c2onc(C)c2-c2ccc(Cl)cc2)N3C)cc1.Cl. The van der Waals surface area contributed by atoms with E-state index >= 15 is 0 Å². The van der Waals surface area contributed by atoms with Gasteiger partial charge in [-0.05, 0) is 69.3 Å². The van der Waals surface area contributed by atoms with Crippen LogP contribution < -0.4 is 0 Å². The maximum absolute atomic E-state index is 6.14. The summed E-state index contributed by atoms with van der Waals surface area (Å²) < 4.78 is 6.08. The average Bonchev–Trinajstić information content (AvgIpc) is 3.19. The second-order valence-corrected chi connectivity index (χ2v) is 9.19. The minimum absolute atomic E-state index is 0. The highest BCUT2D eigenvalue weighted by molar-refractivity contribution is 6.30. The van der Waals surface area contributed by atoms with Gasteiger partial charge in [-0.2, -0.15) is 0 Å². The molecular formula is C25H28Cl2N2O. The van der Waals surface area contributed by atoms with Crippen molar-refractivity contribution < 1.29 is 4.52 Å². The van der Waals surface area contributed by atoms with Crippen LogP contribution in [0, 0.1) is 13.8 Å². The van der Waals surface area contributed by atoms with Crippen molar-refractivity contribution >= 4 is 24.0 Å². The second-order valence-electron chi connectivity index (χ2n) is 8.76. The summed E-state index contributed by atoms with van der Waals surface area (Å²) in [5.41, 5.74) is 5.95. The number of halogens is 2. The molecule has 0 amide bonds. The van der Waals surface area contributed by atoms with Crippen LogP contribution in [0.5, 0.6) is 0 Å². The first-order valence-electron chi connectivity index (χ1n) is 10.5. The summed E-state index contributed by atoms with van der Waals surface area (Å²) in [5.74, 6) is 1.78. The third kappa shape index (κ3) is 3.57. The van der Waals surface area contributed by atoms with Crippen molar-refractivity contribution in [2.75, 3.05) is 7.05 Å². The smallest absolute Gasteiger partial charge is 0.150 e. The largest absolute Gasteiger partial charge is 0.360 e. The van der Waals surface area contributed by atoms with Crippen molar-refractivity contribution in [1.29, 1.82) is 0 Å². The molecule has 158 valence electrons. The van der Waals surface area contributed by atoms with Crippen molar-refractivity contribution in [3.8, 4) is 11.1 Å². The molecular weight excluding hydrogens is 415 g/mol. The summed E-state index contributed by atoms with van der Waals surface area (Å²) in [5, 5.41) is 5.16. The van der Waals surface area contributed by atoms with E-state index in [9.17, 15) is 0 Å². The van der Waals surface area contributed by atoms with Crippen LogP contribution in [0.3, 0.4) is 0 Å². The number of benzene rings is 2. The lowest BCUT2D eigenvalue weighted by Gasteiger charge is -2.42. The van der Waals surface area contributed by atoms with E-state index < -0.39 is 0 Å². The minimum atomic E-state index is 0. The Balaban J connectivity index is 0.00000218. The number of piperidine rings is 1. The molecule has 0 spiro atoms. The van der Waals surface area contributed by atoms with E-state index in [4.69, 9.17) is 16.1 Å². The molecule has 0 radical (unpaired) electrons. The van der Waals surface area contributed by atoms with Crippen molar-refractivity contribution in [1.82, 2.24) is 10.1 Å². The number of aryl methyl sites for hydroxylation is 2. The fourth-order valence-corrected chi connectivity index (χ4v) is 5.69. The van der Waals surface area contributed by atoms with Gasteiger partial charge in [0.15, 0.2) is 0 Å². The topological polar surface area (TPSA) is 29.3 Å². The second kappa shape index (κ2) is 8.37. The Morgan fingerprint density at radius 2 is 1.70 bits per heavy atom. The first kappa shape index (κ1) is 21.4. The normalized spacial score (nSPS) is 25.9. The van der Waals surface area contributed by atoms with E-state index in [0.717, 1.165) is 27.6 Å². The third-order valence-electron chi connectivity index (χ3n) is 7.10. The van der Waals surface area contributed by atoms with Crippen LogP contribution in [0.25, 0.3) is 11.1 Å². The van der Waals surface area contributed by atoms with Crippen LogP contribution in [0.4, 0.5) is 0 Å². The maximum Gasteiger partial charge on any atom is 0.150 e. The number of hydrogen-bond donors (Lipinski definition) is 0. The number of nitrogens with zero attached hydrogens (tertiary/aromatic N) is 2. The first-order valence-corrected chi connectivity index (χ1v) is 10.9. The molecule has 3 aromatic rings. The van der Waals surface area contributed by atoms with E-state index in [1.165, 1.54) is 30.4 Å². The molecule has 3 nitrogen and oxygen atoms in total. The summed E-state index contributed by atoms with van der Waals surface area (Å²) in [6, 6.07) is 18.3. The monoisotopic (exact) mass is 442 g/mol. The highest BCUT2D eigenvalue weighted by Crippen LogP contribution is 2.53. The number of rotatable bonds is 3. The molecule has 1 aromatic heterocycles. The van der Waals surface area contributed by atoms with Crippen molar-refractivity contribution in [2.24, 2.45) is 0 Å². The van der Waals surface area contributed by atoms with Crippen molar-refractivity contribution in [3.05, 3.63) is 76.1 Å². The minimum Gasteiger partial charge on any atom is -0.360 e. The van der Waals surface area contributed by atoms with Gasteiger partial charge in [-0.25, -0.2) is 0 Å². The molecule has 2 aromatic carbocycles. The van der Waals surface area contributed by atoms with Gasteiger partial charge in [0.25, 0.3) is 0 Å². The molecule has 3 heterocycles. The lowest BCUT2D eigenvalue weighted by molar-refractivity contribution is 0.122. The molecule has 5 rings (SSSR count). The molecule has 2 aliphatic heterocycles. The zero-order chi connectivity index (χ0) is 20.1. The molecule has 2 aliphatic rings. The quantitative estimate of drug-likeness (QED) is 0.448. The molecule has 4 atom stereocenters. The van der Waals surface area contributed by atoms with Gasteiger partial charge in [0.2, 0.25) is 0 Å². The zero-order valence-corrected chi connectivity index (χ0v) is 19.2. The van der Waals surface area contributed by atoms with Gasteiger partial charge in [-0.1, -0.05) is 58.7 Å². The predicted octanol–water partition coefficient (Wildman–Crippen LogP) is 6.77. The molecule has 0 saturated carbocycles. The Morgan fingerprint density at radius 3 is 2.40 bits per heavy atom. The fourth-order valence-electron chi connectivity index (χ4n) is 5.56. The van der Waals surface area contributed by atoms with Crippen LogP contribution in [0.1, 0.15) is 53.7 Å². The number of likely N-dealkylation sites (N-methyl/N-ethyl adjacent to an activating group) is 1. The molecule has 5 heteroatoms. The Kier molecular flexibility index (Phi) is 5.98. The first-order chi connectivity index (χ1) is 14.0. The van der Waals surface area contributed by atoms with E-state index in [1.54, 1.807) is 0 Å². The van der Waals surface area contributed by atoms with Crippen LogP contribution in [0.15, 0.2) is 53.1 Å². The molecule has 30 heavy (non-hydrogen) atoms. The molecule has 0 aliphatic carbocycles. The highest BCUT2D eigenvalue weighted by atomic mass is 35.5. The molecule has 0 N–H and O–H groups in total. The third-order valence-corrected chi connectivity index (χ3v) is 7.35. The van der Waals surface area contributed by atoms with Gasteiger partial charge in [0.1, 0.15) is 5.76 Å². The van der Waals surface area contributed by atoms with Crippen molar-refractivity contribution in [2.45, 2.75) is 57.0 Å². The average molecular weight is 443 g/mol. The lowest BCUT2D eigenvalue weighted by atomic mass is 9.73. The summed E-state index contributed by atoms with van der Waals surface area (Å²) >= 11 is 6.14. The lowest BCUT2D eigenvalue weighted by Crippen LogP contribution is -2.44. The van der Waals surface area contributed by atoms with E-state index in [1.807, 2.05) is 19.1 Å². The Morgan fingerprint density at radius 1 is 1.00 bits per heavy atom. The van der Waals surface area contributed by atoms with Gasteiger partial charge in [0, 0.05) is 28.6 Å². The standard InChI is InChI=1S/C25H27ClN2O.ClH/c1-15-4-6-17(7-5-15)21-14-20-12-13-22(28(20)3)24(21)25-23(16(2)27-29-25)18-8-10-19(26)11-9-18;/h4-11,20-22,24H,12-14H2,1-3H3;1H/t20?,21-,22?,24+;/m1./s1. The molecule has 2 saturated heterocycles. The van der Waals surface area contributed by atoms with E-state index in [-0.39, 0.29) is 12.4 Å². The summed E-state index contributed by atoms with van der Waals surface area (Å²) in [7, 11) is 2.28. The van der Waals surface area contributed by atoms with Crippen molar-refractivity contribution in [3.63, 3.8) is 0 Å². The van der Waals surface area contributed by atoms with Gasteiger partial charge < -0.3 is 4.52 Å². The van der Waals surface area contributed by atoms with Gasteiger partial charge in [0.05, 0.1) is 5.69 Å². The van der Waals surface area contributed by atoms with Crippen LogP contribution >= 0.6 is 24.0 Å². The number of hydrogen-bond acceptors (Lipinski definition) is 3. The number of aromatic nitrogens is 1. The summed E-state index contributed by atoms with van der Waals surface area (Å²) in [6.45, 7) is 4.19.